The topological polar surface area (TPSA) is 106 Å². The second kappa shape index (κ2) is 9.38. The van der Waals surface area contributed by atoms with Crippen LogP contribution < -0.4 is 10.5 Å². The number of nitriles is 1. The van der Waals surface area contributed by atoms with Gasteiger partial charge in [0, 0.05) is 29.4 Å². The van der Waals surface area contributed by atoms with Gasteiger partial charge in [-0.2, -0.15) is 10.4 Å². The molecule has 1 aliphatic carbocycles. The summed E-state index contributed by atoms with van der Waals surface area (Å²) in [6, 6.07) is 6.88. The summed E-state index contributed by atoms with van der Waals surface area (Å²) in [6.45, 7) is 3.08. The summed E-state index contributed by atoms with van der Waals surface area (Å²) in [5.74, 6) is -0.00280. The van der Waals surface area contributed by atoms with Crippen LogP contribution in [0.25, 0.3) is 0 Å². The molecule has 170 valence electrons. The highest BCUT2D eigenvalue weighted by molar-refractivity contribution is 7.99. The van der Waals surface area contributed by atoms with Crippen molar-refractivity contribution < 1.29 is 18.7 Å². The van der Waals surface area contributed by atoms with Crippen molar-refractivity contribution in [2.75, 3.05) is 19.0 Å². The lowest BCUT2D eigenvalue weighted by molar-refractivity contribution is 0.0489. The van der Waals surface area contributed by atoms with E-state index in [4.69, 9.17) is 15.2 Å². The number of aromatic nitrogens is 2. The van der Waals surface area contributed by atoms with E-state index in [1.807, 2.05) is 6.92 Å². The van der Waals surface area contributed by atoms with Gasteiger partial charge in [0.15, 0.2) is 11.6 Å². The van der Waals surface area contributed by atoms with Gasteiger partial charge in [0.05, 0.1) is 12.2 Å². The van der Waals surface area contributed by atoms with Crippen LogP contribution in [0.15, 0.2) is 29.3 Å². The molecule has 2 fully saturated rings. The van der Waals surface area contributed by atoms with E-state index in [-0.39, 0.29) is 30.1 Å². The number of amides is 1. The Kier molecular flexibility index (Phi) is 6.58. The van der Waals surface area contributed by atoms with E-state index in [9.17, 15) is 14.4 Å². The van der Waals surface area contributed by atoms with Crippen molar-refractivity contribution in [3.8, 4) is 11.8 Å². The Morgan fingerprint density at radius 3 is 2.78 bits per heavy atom. The van der Waals surface area contributed by atoms with Crippen molar-refractivity contribution in [1.82, 2.24) is 14.7 Å². The minimum atomic E-state index is -0.478. The first kappa shape index (κ1) is 22.4. The number of ether oxygens (including phenoxy) is 2. The predicted molar refractivity (Wildman–Crippen MR) is 117 cm³/mol. The Morgan fingerprint density at radius 1 is 1.41 bits per heavy atom. The number of likely N-dealkylation sites (tertiary alicyclic amines) is 1. The first-order valence-electron chi connectivity index (χ1n) is 10.6. The van der Waals surface area contributed by atoms with Crippen LogP contribution in [0.4, 0.5) is 9.18 Å². The molecule has 1 aromatic carbocycles. The Hall–Kier alpha value is -2.77. The van der Waals surface area contributed by atoms with Crippen LogP contribution in [0.5, 0.6) is 5.75 Å². The van der Waals surface area contributed by atoms with Crippen LogP contribution in [-0.2, 0) is 11.3 Å². The molecule has 2 heterocycles. The number of hydrogen-bond acceptors (Lipinski definition) is 7. The van der Waals surface area contributed by atoms with Gasteiger partial charge < -0.3 is 20.1 Å². The lowest BCUT2D eigenvalue weighted by atomic mass is 10.1. The summed E-state index contributed by atoms with van der Waals surface area (Å²) in [7, 11) is 0. The highest BCUT2D eigenvalue weighted by atomic mass is 32.2. The largest absolute Gasteiger partial charge is 0.486 e. The molecular weight excluding hydrogens is 433 g/mol. The summed E-state index contributed by atoms with van der Waals surface area (Å²) in [6.07, 6.45) is 4.51. The Bertz CT molecular complexity index is 1030. The van der Waals surface area contributed by atoms with Gasteiger partial charge in [0.1, 0.15) is 24.0 Å². The van der Waals surface area contributed by atoms with E-state index in [1.165, 1.54) is 17.8 Å². The van der Waals surface area contributed by atoms with Crippen LogP contribution in [-0.4, -0.2) is 45.3 Å². The van der Waals surface area contributed by atoms with Gasteiger partial charge in [-0.1, -0.05) is 0 Å². The first-order valence-corrected chi connectivity index (χ1v) is 11.6. The average Bonchev–Trinajstić information content (AvgIpc) is 3.36. The minimum absolute atomic E-state index is 0.00303. The van der Waals surface area contributed by atoms with Crippen molar-refractivity contribution in [2.45, 2.75) is 55.8 Å². The summed E-state index contributed by atoms with van der Waals surface area (Å²) >= 11 is 1.34. The molecule has 4 rings (SSSR count). The molecule has 2 aliphatic rings. The third-order valence-corrected chi connectivity index (χ3v) is 6.62. The lowest BCUT2D eigenvalue weighted by Crippen LogP contribution is -2.41. The van der Waals surface area contributed by atoms with Gasteiger partial charge in [-0.3, -0.25) is 4.68 Å². The molecule has 0 unspecified atom stereocenters. The number of nitrogens with zero attached hydrogens (tertiary/aromatic N) is 4. The molecule has 1 saturated heterocycles. The molecule has 1 aliphatic heterocycles. The fourth-order valence-electron chi connectivity index (χ4n) is 3.69. The average molecular weight is 460 g/mol. The van der Waals surface area contributed by atoms with E-state index < -0.39 is 5.82 Å². The fourth-order valence-corrected chi connectivity index (χ4v) is 4.23. The van der Waals surface area contributed by atoms with Crippen LogP contribution >= 0.6 is 11.8 Å². The molecule has 2 aromatic rings. The Labute approximate surface area is 190 Å². The highest BCUT2D eigenvalue weighted by Crippen LogP contribution is 2.39. The van der Waals surface area contributed by atoms with Gasteiger partial charge >= 0.3 is 6.09 Å². The monoisotopic (exact) mass is 459 g/mol. The van der Waals surface area contributed by atoms with Gasteiger partial charge in [0.25, 0.3) is 0 Å². The molecule has 0 atom stereocenters. The number of thioether (sulfide) groups is 1. The van der Waals surface area contributed by atoms with E-state index in [0.717, 1.165) is 17.7 Å². The van der Waals surface area contributed by atoms with Crippen LogP contribution in [0.2, 0.25) is 0 Å². The number of piperidine rings is 1. The van der Waals surface area contributed by atoms with Gasteiger partial charge in [-0.15, -0.1) is 11.8 Å². The lowest BCUT2D eigenvalue weighted by Gasteiger charge is -2.32. The van der Waals surface area contributed by atoms with E-state index >= 15 is 0 Å². The normalized spacial score (nSPS) is 17.6. The maximum atomic E-state index is 14.3. The van der Waals surface area contributed by atoms with Crippen LogP contribution in [0.3, 0.4) is 0 Å². The molecule has 1 amide bonds. The van der Waals surface area contributed by atoms with Crippen molar-refractivity contribution in [3.63, 3.8) is 0 Å². The molecule has 32 heavy (non-hydrogen) atoms. The molecule has 0 spiro atoms. The van der Waals surface area contributed by atoms with Gasteiger partial charge in [-0.25, -0.2) is 9.18 Å². The Balaban J connectivity index is 1.36. The van der Waals surface area contributed by atoms with Crippen LogP contribution in [0.1, 0.15) is 49.9 Å². The number of carbonyl (C=O) groups is 1. The summed E-state index contributed by atoms with van der Waals surface area (Å²) in [4.78, 5) is 14.7. The number of nitrogens with two attached hydrogens (primary N) is 1. The van der Waals surface area contributed by atoms with E-state index in [1.54, 1.807) is 27.9 Å². The maximum absolute atomic E-state index is 14.3. The van der Waals surface area contributed by atoms with Gasteiger partial charge in [0.2, 0.25) is 0 Å². The third-order valence-electron chi connectivity index (χ3n) is 5.87. The predicted octanol–water partition coefficient (Wildman–Crippen LogP) is 3.81. The molecule has 0 radical (unpaired) electrons. The minimum Gasteiger partial charge on any atom is -0.486 e. The molecule has 1 aromatic heterocycles. The SMILES string of the molecule is CC1(OC(=O)N2CCC(n3ncc(COc4ccc(SCN)cc4F)c3C#N)CC2)CC1. The van der Waals surface area contributed by atoms with Crippen molar-refractivity contribution >= 4 is 17.9 Å². The molecule has 2 N–H and O–H groups in total. The molecule has 1 saturated carbocycles. The molecular formula is C22H26FN5O3S. The summed E-state index contributed by atoms with van der Waals surface area (Å²) in [5.41, 5.74) is 6.17. The standard InChI is InChI=1S/C22H26FN5O3S/c1-22(6-7-22)31-21(29)27-8-4-16(5-9-27)28-19(11-24)15(12-26-28)13-30-20-3-2-17(32-14-25)10-18(20)23/h2-3,10,12,16H,4-9,13-14,25H2,1H3. The molecule has 10 heteroatoms. The zero-order valence-corrected chi connectivity index (χ0v) is 18.7. The van der Waals surface area contributed by atoms with E-state index in [2.05, 4.69) is 11.2 Å². The third kappa shape index (κ3) is 5.00. The zero-order chi connectivity index (χ0) is 22.7. The first-order chi connectivity index (χ1) is 15.4. The maximum Gasteiger partial charge on any atom is 0.410 e. The van der Waals surface area contributed by atoms with Gasteiger partial charge in [-0.05, 0) is 50.8 Å². The van der Waals surface area contributed by atoms with Crippen molar-refractivity contribution in [2.24, 2.45) is 5.73 Å². The second-order valence-corrected chi connectivity index (χ2v) is 9.40. The van der Waals surface area contributed by atoms with Crippen molar-refractivity contribution in [3.05, 3.63) is 41.5 Å². The molecule has 0 bridgehead atoms. The fraction of sp³-hybridized carbons (Fsp3) is 0.500. The van der Waals surface area contributed by atoms with Crippen molar-refractivity contribution in [1.29, 1.82) is 5.26 Å². The smallest absolute Gasteiger partial charge is 0.410 e. The zero-order valence-electron chi connectivity index (χ0n) is 17.9. The molecule has 8 nitrogen and oxygen atoms in total. The Morgan fingerprint density at radius 2 is 2.16 bits per heavy atom. The number of hydrogen-bond donors (Lipinski definition) is 1. The number of rotatable bonds is 7. The van der Waals surface area contributed by atoms with E-state index in [0.29, 0.717) is 43.1 Å². The summed E-state index contributed by atoms with van der Waals surface area (Å²) < 4.78 is 27.1. The number of carbonyl (C=O) groups excluding carboxylic acids is 1. The number of halogens is 1. The summed E-state index contributed by atoms with van der Waals surface area (Å²) in [5, 5.41) is 14.1. The second-order valence-electron chi connectivity index (χ2n) is 8.30. The van der Waals surface area contributed by atoms with Crippen LogP contribution in [0, 0.1) is 17.1 Å². The quantitative estimate of drug-likeness (QED) is 0.496. The highest BCUT2D eigenvalue weighted by Gasteiger charge is 2.43. The number of benzene rings is 1.